The SMILES string of the molecule is CC(C)c1ccc(C2CC(N)CN(Cc3ccc(F)c(F)c3)C2)cc1. The zero-order chi connectivity index (χ0) is 18.0. The number of rotatable bonds is 4. The molecule has 1 aliphatic heterocycles. The zero-order valence-corrected chi connectivity index (χ0v) is 14.9. The van der Waals surface area contributed by atoms with Gasteiger partial charge in [-0.3, -0.25) is 4.90 Å². The van der Waals surface area contributed by atoms with Gasteiger partial charge < -0.3 is 5.73 Å². The standard InChI is InChI=1S/C21H26F2N2/c1-14(2)16-4-6-17(7-5-16)18-10-19(24)13-25(12-18)11-15-3-8-20(22)21(23)9-15/h3-9,14,18-19H,10-13,24H2,1-2H3. The van der Waals surface area contributed by atoms with Crippen molar-refractivity contribution in [2.24, 2.45) is 5.73 Å². The molecule has 25 heavy (non-hydrogen) atoms. The topological polar surface area (TPSA) is 29.3 Å². The lowest BCUT2D eigenvalue weighted by molar-refractivity contribution is 0.181. The molecular weight excluding hydrogens is 318 g/mol. The van der Waals surface area contributed by atoms with Crippen molar-refractivity contribution in [3.8, 4) is 0 Å². The second kappa shape index (κ2) is 7.63. The van der Waals surface area contributed by atoms with Crippen LogP contribution in [0.1, 0.15) is 48.8 Å². The van der Waals surface area contributed by atoms with Crippen LogP contribution in [-0.2, 0) is 6.54 Å². The number of likely N-dealkylation sites (tertiary alicyclic amines) is 1. The van der Waals surface area contributed by atoms with E-state index in [-0.39, 0.29) is 6.04 Å². The lowest BCUT2D eigenvalue weighted by Gasteiger charge is -2.36. The summed E-state index contributed by atoms with van der Waals surface area (Å²) in [4.78, 5) is 2.24. The van der Waals surface area contributed by atoms with Crippen LogP contribution in [0.3, 0.4) is 0 Å². The Bertz CT molecular complexity index is 712. The van der Waals surface area contributed by atoms with Gasteiger partial charge in [0.15, 0.2) is 11.6 Å². The Morgan fingerprint density at radius 3 is 2.40 bits per heavy atom. The number of benzene rings is 2. The Balaban J connectivity index is 1.71. The predicted octanol–water partition coefficient (Wildman–Crippen LogP) is 4.41. The highest BCUT2D eigenvalue weighted by Crippen LogP contribution is 2.28. The lowest BCUT2D eigenvalue weighted by Crippen LogP contribution is -2.45. The third-order valence-corrected chi connectivity index (χ3v) is 5.02. The minimum absolute atomic E-state index is 0.0915. The summed E-state index contributed by atoms with van der Waals surface area (Å²) in [5.74, 6) is -0.704. The summed E-state index contributed by atoms with van der Waals surface area (Å²) in [6, 6.07) is 13.0. The fourth-order valence-corrected chi connectivity index (χ4v) is 3.65. The van der Waals surface area contributed by atoms with Gasteiger partial charge in [-0.25, -0.2) is 8.78 Å². The van der Waals surface area contributed by atoms with Crippen molar-refractivity contribution in [3.05, 3.63) is 70.8 Å². The summed E-state index contributed by atoms with van der Waals surface area (Å²) < 4.78 is 26.5. The molecule has 0 bridgehead atoms. The first-order chi connectivity index (χ1) is 11.9. The summed E-state index contributed by atoms with van der Waals surface area (Å²) in [7, 11) is 0. The van der Waals surface area contributed by atoms with Gasteiger partial charge in [0, 0.05) is 25.7 Å². The summed E-state index contributed by atoms with van der Waals surface area (Å²) in [5, 5.41) is 0. The Hall–Kier alpha value is -1.78. The van der Waals surface area contributed by atoms with Gasteiger partial charge in [0.1, 0.15) is 0 Å². The highest BCUT2D eigenvalue weighted by atomic mass is 19.2. The summed E-state index contributed by atoms with van der Waals surface area (Å²) in [5.41, 5.74) is 9.68. The molecule has 0 amide bonds. The molecule has 2 aromatic carbocycles. The smallest absolute Gasteiger partial charge is 0.159 e. The molecule has 1 heterocycles. The fourth-order valence-electron chi connectivity index (χ4n) is 3.65. The van der Waals surface area contributed by atoms with Crippen LogP contribution < -0.4 is 5.73 Å². The molecule has 1 fully saturated rings. The van der Waals surface area contributed by atoms with Gasteiger partial charge in [-0.05, 0) is 47.1 Å². The van der Waals surface area contributed by atoms with Crippen LogP contribution in [0.2, 0.25) is 0 Å². The molecule has 2 nitrogen and oxygen atoms in total. The number of piperidine rings is 1. The van der Waals surface area contributed by atoms with E-state index in [0.717, 1.165) is 25.1 Å². The van der Waals surface area contributed by atoms with Gasteiger partial charge in [-0.15, -0.1) is 0 Å². The predicted molar refractivity (Wildman–Crippen MR) is 97.5 cm³/mol. The molecule has 2 aromatic rings. The van der Waals surface area contributed by atoms with E-state index in [2.05, 4.69) is 43.0 Å². The molecule has 0 spiro atoms. The van der Waals surface area contributed by atoms with Crippen molar-refractivity contribution in [1.29, 1.82) is 0 Å². The lowest BCUT2D eigenvalue weighted by atomic mass is 9.87. The van der Waals surface area contributed by atoms with E-state index in [0.29, 0.717) is 18.4 Å². The van der Waals surface area contributed by atoms with Crippen molar-refractivity contribution in [3.63, 3.8) is 0 Å². The first kappa shape index (κ1) is 18.0. The van der Waals surface area contributed by atoms with Crippen LogP contribution in [0.25, 0.3) is 0 Å². The fraction of sp³-hybridized carbons (Fsp3) is 0.429. The summed E-state index contributed by atoms with van der Waals surface area (Å²) in [6.45, 7) is 6.63. The average molecular weight is 344 g/mol. The maximum absolute atomic E-state index is 13.4. The second-order valence-corrected chi connectivity index (χ2v) is 7.46. The normalized spacial score (nSPS) is 21.7. The number of halogens is 2. The third-order valence-electron chi connectivity index (χ3n) is 5.02. The number of nitrogens with two attached hydrogens (primary N) is 1. The molecule has 0 saturated carbocycles. The molecule has 0 aliphatic carbocycles. The van der Waals surface area contributed by atoms with Crippen molar-refractivity contribution < 1.29 is 8.78 Å². The van der Waals surface area contributed by atoms with Gasteiger partial charge in [0.05, 0.1) is 0 Å². The summed E-state index contributed by atoms with van der Waals surface area (Å²) in [6.07, 6.45) is 0.954. The van der Waals surface area contributed by atoms with Gasteiger partial charge >= 0.3 is 0 Å². The minimum Gasteiger partial charge on any atom is -0.327 e. The first-order valence-electron chi connectivity index (χ1n) is 8.94. The molecule has 2 atom stereocenters. The van der Waals surface area contributed by atoms with Gasteiger partial charge in [0.2, 0.25) is 0 Å². The summed E-state index contributed by atoms with van der Waals surface area (Å²) >= 11 is 0. The molecule has 0 aromatic heterocycles. The third kappa shape index (κ3) is 4.44. The van der Waals surface area contributed by atoms with Gasteiger partial charge in [-0.1, -0.05) is 44.2 Å². The Morgan fingerprint density at radius 2 is 1.76 bits per heavy atom. The Morgan fingerprint density at radius 1 is 1.04 bits per heavy atom. The van der Waals surface area contributed by atoms with Crippen molar-refractivity contribution in [2.75, 3.05) is 13.1 Å². The average Bonchev–Trinajstić information content (AvgIpc) is 2.58. The van der Waals surface area contributed by atoms with E-state index >= 15 is 0 Å². The zero-order valence-electron chi connectivity index (χ0n) is 14.9. The second-order valence-electron chi connectivity index (χ2n) is 7.46. The minimum atomic E-state index is -0.804. The van der Waals surface area contributed by atoms with Crippen LogP contribution in [-0.4, -0.2) is 24.0 Å². The molecule has 1 saturated heterocycles. The van der Waals surface area contributed by atoms with Crippen LogP contribution in [0.4, 0.5) is 8.78 Å². The van der Waals surface area contributed by atoms with E-state index in [1.807, 2.05) is 0 Å². The van der Waals surface area contributed by atoms with Crippen molar-refractivity contribution in [2.45, 2.75) is 44.7 Å². The van der Waals surface area contributed by atoms with E-state index in [9.17, 15) is 8.78 Å². The Labute approximate surface area is 148 Å². The van der Waals surface area contributed by atoms with E-state index in [4.69, 9.17) is 5.73 Å². The van der Waals surface area contributed by atoms with E-state index in [1.165, 1.54) is 23.3 Å². The van der Waals surface area contributed by atoms with Crippen LogP contribution in [0, 0.1) is 11.6 Å². The first-order valence-corrected chi connectivity index (χ1v) is 8.94. The maximum Gasteiger partial charge on any atom is 0.159 e. The number of hydrogen-bond acceptors (Lipinski definition) is 2. The van der Waals surface area contributed by atoms with Crippen LogP contribution in [0.5, 0.6) is 0 Å². The van der Waals surface area contributed by atoms with E-state index in [1.54, 1.807) is 6.07 Å². The van der Waals surface area contributed by atoms with Gasteiger partial charge in [-0.2, -0.15) is 0 Å². The molecule has 1 aliphatic rings. The quantitative estimate of drug-likeness (QED) is 0.890. The molecular formula is C21H26F2N2. The van der Waals surface area contributed by atoms with E-state index < -0.39 is 11.6 Å². The molecule has 2 unspecified atom stereocenters. The number of nitrogens with zero attached hydrogens (tertiary/aromatic N) is 1. The van der Waals surface area contributed by atoms with Gasteiger partial charge in [0.25, 0.3) is 0 Å². The van der Waals surface area contributed by atoms with Crippen molar-refractivity contribution >= 4 is 0 Å². The molecule has 134 valence electrons. The highest BCUT2D eigenvalue weighted by molar-refractivity contribution is 5.28. The Kier molecular flexibility index (Phi) is 5.50. The van der Waals surface area contributed by atoms with Crippen LogP contribution in [0.15, 0.2) is 42.5 Å². The molecule has 0 radical (unpaired) electrons. The molecule has 3 rings (SSSR count). The van der Waals surface area contributed by atoms with Crippen molar-refractivity contribution in [1.82, 2.24) is 4.90 Å². The maximum atomic E-state index is 13.4. The highest BCUT2D eigenvalue weighted by Gasteiger charge is 2.26. The molecule has 4 heteroatoms. The number of hydrogen-bond donors (Lipinski definition) is 1. The monoisotopic (exact) mass is 344 g/mol. The largest absolute Gasteiger partial charge is 0.327 e. The molecule has 2 N–H and O–H groups in total. The van der Waals surface area contributed by atoms with Crippen LogP contribution >= 0.6 is 0 Å².